The van der Waals surface area contributed by atoms with E-state index in [1.165, 1.54) is 6.92 Å². The van der Waals surface area contributed by atoms with Crippen LogP contribution in [0.3, 0.4) is 0 Å². The van der Waals surface area contributed by atoms with Crippen LogP contribution in [0.25, 0.3) is 0 Å². The molecule has 1 unspecified atom stereocenters. The van der Waals surface area contributed by atoms with Crippen molar-refractivity contribution in [2.24, 2.45) is 17.8 Å². The number of hydrogen-bond acceptors (Lipinski definition) is 2. The lowest BCUT2D eigenvalue weighted by Gasteiger charge is -2.29. The van der Waals surface area contributed by atoms with E-state index in [4.69, 9.17) is 5.11 Å². The van der Waals surface area contributed by atoms with E-state index in [1.54, 1.807) is 0 Å². The SMILES string of the molecule is CC(CNC(=O)CC1CCC(C(F)(F)F)CC1)C(=O)O. The van der Waals surface area contributed by atoms with Crippen molar-refractivity contribution in [3.05, 3.63) is 0 Å². The number of aliphatic carboxylic acids is 1. The molecule has 0 saturated heterocycles. The van der Waals surface area contributed by atoms with E-state index in [1.807, 2.05) is 0 Å². The minimum absolute atomic E-state index is 0.0336. The molecule has 0 heterocycles. The summed E-state index contributed by atoms with van der Waals surface area (Å²) in [4.78, 5) is 22.2. The van der Waals surface area contributed by atoms with Gasteiger partial charge in [0.05, 0.1) is 11.8 Å². The molecule has 2 N–H and O–H groups in total. The van der Waals surface area contributed by atoms with Gasteiger partial charge in [-0.1, -0.05) is 6.92 Å². The maximum atomic E-state index is 12.5. The molecule has 0 aromatic carbocycles. The summed E-state index contributed by atoms with van der Waals surface area (Å²) >= 11 is 0. The van der Waals surface area contributed by atoms with Gasteiger partial charge in [0.15, 0.2) is 0 Å². The number of hydrogen-bond donors (Lipinski definition) is 2. The van der Waals surface area contributed by atoms with Crippen LogP contribution in [0.2, 0.25) is 0 Å². The van der Waals surface area contributed by atoms with E-state index in [-0.39, 0.29) is 37.6 Å². The van der Waals surface area contributed by atoms with E-state index in [0.29, 0.717) is 12.8 Å². The van der Waals surface area contributed by atoms with Crippen molar-refractivity contribution >= 4 is 11.9 Å². The van der Waals surface area contributed by atoms with E-state index < -0.39 is 24.0 Å². The molecule has 7 heteroatoms. The van der Waals surface area contributed by atoms with Crippen LogP contribution in [0, 0.1) is 17.8 Å². The monoisotopic (exact) mass is 295 g/mol. The van der Waals surface area contributed by atoms with E-state index in [0.717, 1.165) is 0 Å². The van der Waals surface area contributed by atoms with Crippen LogP contribution in [-0.2, 0) is 9.59 Å². The van der Waals surface area contributed by atoms with Crippen molar-refractivity contribution in [2.75, 3.05) is 6.54 Å². The third-order valence-corrected chi connectivity index (χ3v) is 3.81. The first-order valence-corrected chi connectivity index (χ1v) is 6.76. The molecular weight excluding hydrogens is 275 g/mol. The third kappa shape index (κ3) is 5.38. The van der Waals surface area contributed by atoms with E-state index in [2.05, 4.69) is 5.32 Å². The number of carboxylic acid groups (broad SMARTS) is 1. The Morgan fingerprint density at radius 1 is 1.25 bits per heavy atom. The summed E-state index contributed by atoms with van der Waals surface area (Å²) < 4.78 is 37.4. The minimum atomic E-state index is -4.13. The molecule has 4 nitrogen and oxygen atoms in total. The highest BCUT2D eigenvalue weighted by Gasteiger charge is 2.41. The lowest BCUT2D eigenvalue weighted by atomic mass is 9.80. The molecule has 1 aliphatic carbocycles. The summed E-state index contributed by atoms with van der Waals surface area (Å²) in [5.74, 6) is -3.22. The summed E-state index contributed by atoms with van der Waals surface area (Å²) in [5, 5.41) is 11.2. The van der Waals surface area contributed by atoms with Gasteiger partial charge in [-0.15, -0.1) is 0 Å². The maximum Gasteiger partial charge on any atom is 0.391 e. The molecule has 116 valence electrons. The average molecular weight is 295 g/mol. The predicted octanol–water partition coefficient (Wildman–Crippen LogP) is 2.58. The number of nitrogens with one attached hydrogen (secondary N) is 1. The smallest absolute Gasteiger partial charge is 0.391 e. The summed E-state index contributed by atoms with van der Waals surface area (Å²) in [6, 6.07) is 0. The second-order valence-electron chi connectivity index (χ2n) is 5.51. The molecule has 0 spiro atoms. The van der Waals surface area contributed by atoms with Gasteiger partial charge in [0, 0.05) is 13.0 Å². The van der Waals surface area contributed by atoms with Gasteiger partial charge in [-0.3, -0.25) is 9.59 Å². The van der Waals surface area contributed by atoms with Gasteiger partial charge in [-0.2, -0.15) is 13.2 Å². The molecule has 0 radical (unpaired) electrons. The molecule has 0 aliphatic heterocycles. The van der Waals surface area contributed by atoms with Crippen LogP contribution in [0.5, 0.6) is 0 Å². The fraction of sp³-hybridized carbons (Fsp3) is 0.846. The number of amides is 1. The minimum Gasteiger partial charge on any atom is -0.481 e. The maximum absolute atomic E-state index is 12.5. The number of alkyl halides is 3. The summed E-state index contributed by atoms with van der Waals surface area (Å²) in [5.41, 5.74) is 0. The van der Waals surface area contributed by atoms with Crippen molar-refractivity contribution in [1.82, 2.24) is 5.32 Å². The molecular formula is C13H20F3NO3. The fourth-order valence-electron chi connectivity index (χ4n) is 2.38. The highest BCUT2D eigenvalue weighted by Crippen LogP contribution is 2.40. The van der Waals surface area contributed by atoms with Gasteiger partial charge in [-0.25, -0.2) is 0 Å². The molecule has 1 fully saturated rings. The van der Waals surface area contributed by atoms with Gasteiger partial charge in [0.25, 0.3) is 0 Å². The third-order valence-electron chi connectivity index (χ3n) is 3.81. The first-order chi connectivity index (χ1) is 9.20. The van der Waals surface area contributed by atoms with Crippen LogP contribution >= 0.6 is 0 Å². The lowest BCUT2D eigenvalue weighted by molar-refractivity contribution is -0.184. The Hall–Kier alpha value is -1.27. The molecule has 1 amide bonds. The molecule has 1 aliphatic rings. The Morgan fingerprint density at radius 2 is 1.80 bits per heavy atom. The molecule has 0 aromatic heterocycles. The molecule has 1 rings (SSSR count). The Balaban J connectivity index is 2.26. The van der Waals surface area contributed by atoms with Crippen LogP contribution in [0.4, 0.5) is 13.2 Å². The molecule has 0 aromatic rings. The Bertz CT molecular complexity index is 349. The molecule has 1 atom stereocenters. The van der Waals surface area contributed by atoms with Crippen LogP contribution < -0.4 is 5.32 Å². The Labute approximate surface area is 115 Å². The first kappa shape index (κ1) is 16.8. The van der Waals surface area contributed by atoms with Crippen LogP contribution in [0.15, 0.2) is 0 Å². The van der Waals surface area contributed by atoms with Crippen molar-refractivity contribution in [3.63, 3.8) is 0 Å². The Kier molecular flexibility index (Phi) is 5.83. The van der Waals surface area contributed by atoms with Crippen molar-refractivity contribution in [1.29, 1.82) is 0 Å². The van der Waals surface area contributed by atoms with E-state index >= 15 is 0 Å². The first-order valence-electron chi connectivity index (χ1n) is 6.76. The van der Waals surface area contributed by atoms with Gasteiger partial charge in [-0.05, 0) is 31.6 Å². The van der Waals surface area contributed by atoms with Gasteiger partial charge >= 0.3 is 12.1 Å². The normalized spacial score (nSPS) is 25.0. The largest absolute Gasteiger partial charge is 0.481 e. The fourth-order valence-corrected chi connectivity index (χ4v) is 2.38. The Morgan fingerprint density at radius 3 is 2.25 bits per heavy atom. The second kappa shape index (κ2) is 6.95. The zero-order chi connectivity index (χ0) is 15.3. The average Bonchev–Trinajstić information content (AvgIpc) is 2.35. The summed E-state index contributed by atoms with van der Waals surface area (Å²) in [6.07, 6.45) is -3.01. The van der Waals surface area contributed by atoms with Crippen LogP contribution in [0.1, 0.15) is 39.0 Å². The number of halogens is 3. The molecule has 1 saturated carbocycles. The quantitative estimate of drug-likeness (QED) is 0.819. The number of carbonyl (C=O) groups is 2. The zero-order valence-corrected chi connectivity index (χ0v) is 11.4. The van der Waals surface area contributed by atoms with Crippen molar-refractivity contribution in [3.8, 4) is 0 Å². The van der Waals surface area contributed by atoms with E-state index in [9.17, 15) is 22.8 Å². The predicted molar refractivity (Wildman–Crippen MR) is 65.9 cm³/mol. The summed E-state index contributed by atoms with van der Waals surface area (Å²) in [6.45, 7) is 1.53. The number of carbonyl (C=O) groups excluding carboxylic acids is 1. The highest BCUT2D eigenvalue weighted by atomic mass is 19.4. The highest BCUT2D eigenvalue weighted by molar-refractivity contribution is 5.77. The number of rotatable bonds is 5. The van der Waals surface area contributed by atoms with Crippen molar-refractivity contribution in [2.45, 2.75) is 45.2 Å². The van der Waals surface area contributed by atoms with Crippen molar-refractivity contribution < 1.29 is 27.9 Å². The summed E-state index contributed by atoms with van der Waals surface area (Å²) in [7, 11) is 0. The lowest BCUT2D eigenvalue weighted by Crippen LogP contribution is -2.34. The zero-order valence-electron chi connectivity index (χ0n) is 11.4. The van der Waals surface area contributed by atoms with Gasteiger partial charge in [0.2, 0.25) is 5.91 Å². The molecule has 0 bridgehead atoms. The van der Waals surface area contributed by atoms with Crippen LogP contribution in [-0.4, -0.2) is 29.7 Å². The molecule has 20 heavy (non-hydrogen) atoms. The van der Waals surface area contributed by atoms with Gasteiger partial charge < -0.3 is 10.4 Å². The van der Waals surface area contributed by atoms with Gasteiger partial charge in [0.1, 0.15) is 0 Å². The number of carboxylic acids is 1. The second-order valence-corrected chi connectivity index (χ2v) is 5.51. The topological polar surface area (TPSA) is 66.4 Å². The standard InChI is InChI=1S/C13H20F3NO3/c1-8(12(19)20)7-17-11(18)6-9-2-4-10(5-3-9)13(14,15)16/h8-10H,2-7H2,1H3,(H,17,18)(H,19,20).